The molecule has 0 spiro atoms. The van der Waals surface area contributed by atoms with E-state index in [1.54, 1.807) is 4.90 Å². The first kappa shape index (κ1) is 17.3. The van der Waals surface area contributed by atoms with Crippen LogP contribution in [0, 0.1) is 6.92 Å². The molecule has 0 unspecified atom stereocenters. The third-order valence-corrected chi connectivity index (χ3v) is 4.21. The van der Waals surface area contributed by atoms with Crippen LogP contribution in [0.25, 0.3) is 10.9 Å². The van der Waals surface area contributed by atoms with Crippen molar-refractivity contribution in [3.8, 4) is 0 Å². The lowest BCUT2D eigenvalue weighted by atomic mass is 10.1. The maximum atomic E-state index is 12.2. The molecule has 6 nitrogen and oxygen atoms in total. The highest BCUT2D eigenvalue weighted by atomic mass is 16.6. The highest BCUT2D eigenvalue weighted by molar-refractivity contribution is 5.94. The Morgan fingerprint density at radius 2 is 1.84 bits per heavy atom. The molecule has 1 aliphatic rings. The van der Waals surface area contributed by atoms with E-state index in [-0.39, 0.29) is 6.09 Å². The Bertz CT molecular complexity index is 790. The molecule has 1 saturated heterocycles. The Morgan fingerprint density at radius 1 is 1.16 bits per heavy atom. The number of anilines is 2. The summed E-state index contributed by atoms with van der Waals surface area (Å²) in [5, 5.41) is 1.05. The zero-order chi connectivity index (χ0) is 18.2. The van der Waals surface area contributed by atoms with Crippen molar-refractivity contribution in [1.29, 1.82) is 0 Å². The number of piperazine rings is 1. The molecule has 134 valence electrons. The Hall–Kier alpha value is -2.50. The molecule has 0 bridgehead atoms. The summed E-state index contributed by atoms with van der Waals surface area (Å²) in [6.45, 7) is 10.4. The number of carbonyl (C=O) groups is 1. The van der Waals surface area contributed by atoms with Gasteiger partial charge >= 0.3 is 6.09 Å². The van der Waals surface area contributed by atoms with Crippen LogP contribution in [0.2, 0.25) is 0 Å². The molecule has 0 saturated carbocycles. The van der Waals surface area contributed by atoms with Crippen LogP contribution in [0.4, 0.5) is 16.2 Å². The van der Waals surface area contributed by atoms with Crippen molar-refractivity contribution in [2.45, 2.75) is 33.3 Å². The predicted molar refractivity (Wildman–Crippen MR) is 101 cm³/mol. The molecule has 25 heavy (non-hydrogen) atoms. The molecule has 6 heteroatoms. The second-order valence-electron chi connectivity index (χ2n) is 7.51. The first-order valence-electron chi connectivity index (χ1n) is 8.63. The third-order valence-electron chi connectivity index (χ3n) is 4.21. The van der Waals surface area contributed by atoms with Gasteiger partial charge in [-0.15, -0.1) is 0 Å². The average Bonchev–Trinajstić information content (AvgIpc) is 2.53. The Labute approximate surface area is 148 Å². The van der Waals surface area contributed by atoms with Gasteiger partial charge in [-0.2, -0.15) is 0 Å². The van der Waals surface area contributed by atoms with E-state index in [4.69, 9.17) is 10.5 Å². The Kier molecular flexibility index (Phi) is 4.45. The minimum Gasteiger partial charge on any atom is -0.444 e. The minimum absolute atomic E-state index is 0.243. The number of hydrogen-bond donors (Lipinski definition) is 1. The van der Waals surface area contributed by atoms with Crippen molar-refractivity contribution < 1.29 is 9.53 Å². The van der Waals surface area contributed by atoms with Gasteiger partial charge in [0.05, 0.1) is 5.52 Å². The van der Waals surface area contributed by atoms with Gasteiger partial charge in [0.15, 0.2) is 0 Å². The molecule has 3 rings (SSSR count). The molecule has 2 heterocycles. The molecule has 1 aromatic heterocycles. The van der Waals surface area contributed by atoms with Crippen LogP contribution in [-0.2, 0) is 4.74 Å². The number of rotatable bonds is 1. The fourth-order valence-electron chi connectivity index (χ4n) is 3.07. The second kappa shape index (κ2) is 6.43. The van der Waals surface area contributed by atoms with Gasteiger partial charge in [-0.1, -0.05) is 0 Å². The smallest absolute Gasteiger partial charge is 0.410 e. The summed E-state index contributed by atoms with van der Waals surface area (Å²) in [5.74, 6) is 0. The summed E-state index contributed by atoms with van der Waals surface area (Å²) in [5.41, 5.74) is 9.27. The van der Waals surface area contributed by atoms with Crippen molar-refractivity contribution in [2.75, 3.05) is 36.8 Å². The number of nitrogen functional groups attached to an aromatic ring is 1. The number of pyridine rings is 1. The number of hydrogen-bond acceptors (Lipinski definition) is 5. The molecule has 0 aliphatic carbocycles. The number of aromatic nitrogens is 1. The average molecular weight is 342 g/mol. The molecule has 1 aliphatic heterocycles. The molecule has 0 radical (unpaired) electrons. The van der Waals surface area contributed by atoms with Crippen LogP contribution in [-0.4, -0.2) is 47.8 Å². The zero-order valence-corrected chi connectivity index (χ0v) is 15.4. The van der Waals surface area contributed by atoms with Crippen LogP contribution >= 0.6 is 0 Å². The second-order valence-corrected chi connectivity index (χ2v) is 7.51. The standard InChI is InChI=1S/C19H26N4O2/c1-13-11-17(15-12-14(20)5-6-16(15)21-13)22-7-9-23(10-8-22)18(24)25-19(2,3)4/h5-6,11-12H,7-10,20H2,1-4H3. The van der Waals surface area contributed by atoms with E-state index >= 15 is 0 Å². The molecule has 2 aromatic rings. The van der Waals surface area contributed by atoms with Crippen molar-refractivity contribution in [2.24, 2.45) is 0 Å². The van der Waals surface area contributed by atoms with E-state index in [0.29, 0.717) is 13.1 Å². The number of benzene rings is 1. The highest BCUT2D eigenvalue weighted by Gasteiger charge is 2.26. The number of amides is 1. The number of ether oxygens (including phenoxy) is 1. The first-order valence-corrected chi connectivity index (χ1v) is 8.63. The topological polar surface area (TPSA) is 71.7 Å². The predicted octanol–water partition coefficient (Wildman–Crippen LogP) is 3.18. The lowest BCUT2D eigenvalue weighted by Gasteiger charge is -2.37. The van der Waals surface area contributed by atoms with E-state index in [2.05, 4.69) is 16.0 Å². The maximum Gasteiger partial charge on any atom is 0.410 e. The summed E-state index contributed by atoms with van der Waals surface area (Å²) in [4.78, 5) is 20.9. The van der Waals surface area contributed by atoms with Crippen LogP contribution in [0.15, 0.2) is 24.3 Å². The van der Waals surface area contributed by atoms with Crippen molar-refractivity contribution in [1.82, 2.24) is 9.88 Å². The first-order chi connectivity index (χ1) is 11.7. The number of fused-ring (bicyclic) bond motifs is 1. The summed E-state index contributed by atoms with van der Waals surface area (Å²) in [7, 11) is 0. The summed E-state index contributed by atoms with van der Waals surface area (Å²) < 4.78 is 5.47. The third kappa shape index (κ3) is 3.95. The molecular formula is C19H26N4O2. The van der Waals surface area contributed by atoms with Gasteiger partial charge in [-0.05, 0) is 52.0 Å². The van der Waals surface area contributed by atoms with Gasteiger partial charge in [0.25, 0.3) is 0 Å². The minimum atomic E-state index is -0.468. The van der Waals surface area contributed by atoms with Gasteiger partial charge in [0.2, 0.25) is 0 Å². The molecular weight excluding hydrogens is 316 g/mol. The molecule has 1 amide bonds. The fourth-order valence-corrected chi connectivity index (χ4v) is 3.07. The fraction of sp³-hybridized carbons (Fsp3) is 0.474. The van der Waals surface area contributed by atoms with Gasteiger partial charge in [0, 0.05) is 48.6 Å². The number of aryl methyl sites for hydroxylation is 1. The normalized spacial score (nSPS) is 15.5. The number of nitrogens with two attached hydrogens (primary N) is 1. The molecule has 1 aromatic carbocycles. The van der Waals surface area contributed by atoms with E-state index in [1.165, 1.54) is 0 Å². The van der Waals surface area contributed by atoms with E-state index in [0.717, 1.165) is 41.1 Å². The van der Waals surface area contributed by atoms with Gasteiger partial charge in [-0.25, -0.2) is 4.79 Å². The quantitative estimate of drug-likeness (QED) is 0.806. The lowest BCUT2D eigenvalue weighted by molar-refractivity contribution is 0.0240. The van der Waals surface area contributed by atoms with E-state index in [9.17, 15) is 4.79 Å². The van der Waals surface area contributed by atoms with Gasteiger partial charge in [-0.3, -0.25) is 4.98 Å². The summed E-state index contributed by atoms with van der Waals surface area (Å²) in [6.07, 6.45) is -0.243. The van der Waals surface area contributed by atoms with E-state index < -0.39 is 5.60 Å². The Morgan fingerprint density at radius 3 is 2.48 bits per heavy atom. The van der Waals surface area contributed by atoms with Crippen molar-refractivity contribution in [3.63, 3.8) is 0 Å². The van der Waals surface area contributed by atoms with Crippen LogP contribution in [0.3, 0.4) is 0 Å². The van der Waals surface area contributed by atoms with E-state index in [1.807, 2.05) is 45.9 Å². The van der Waals surface area contributed by atoms with Crippen LogP contribution in [0.1, 0.15) is 26.5 Å². The summed E-state index contributed by atoms with van der Waals surface area (Å²) >= 11 is 0. The monoisotopic (exact) mass is 342 g/mol. The largest absolute Gasteiger partial charge is 0.444 e. The number of carbonyl (C=O) groups excluding carboxylic acids is 1. The Balaban J connectivity index is 1.78. The number of nitrogens with zero attached hydrogens (tertiary/aromatic N) is 3. The molecule has 0 atom stereocenters. The maximum absolute atomic E-state index is 12.2. The van der Waals surface area contributed by atoms with Crippen LogP contribution < -0.4 is 10.6 Å². The lowest BCUT2D eigenvalue weighted by Crippen LogP contribution is -2.50. The molecule has 1 fully saturated rings. The highest BCUT2D eigenvalue weighted by Crippen LogP contribution is 2.29. The van der Waals surface area contributed by atoms with Gasteiger partial charge < -0.3 is 20.3 Å². The zero-order valence-electron chi connectivity index (χ0n) is 15.4. The summed E-state index contributed by atoms with van der Waals surface area (Å²) in [6, 6.07) is 7.89. The van der Waals surface area contributed by atoms with Crippen molar-refractivity contribution in [3.05, 3.63) is 30.0 Å². The van der Waals surface area contributed by atoms with Crippen LogP contribution in [0.5, 0.6) is 0 Å². The SMILES string of the molecule is Cc1cc(N2CCN(C(=O)OC(C)(C)C)CC2)c2cc(N)ccc2n1. The molecule has 2 N–H and O–H groups in total. The van der Waals surface area contributed by atoms with Gasteiger partial charge in [0.1, 0.15) is 5.60 Å². The van der Waals surface area contributed by atoms with Crippen molar-refractivity contribution >= 4 is 28.4 Å².